The predicted molar refractivity (Wildman–Crippen MR) is 613 cm³/mol. The number of rotatable bonds is 17. The van der Waals surface area contributed by atoms with Gasteiger partial charge in [-0.25, -0.2) is 24.0 Å². The number of fused-ring (bicyclic) bond motifs is 4. The van der Waals surface area contributed by atoms with Gasteiger partial charge in [-0.15, -0.1) is 0 Å². The van der Waals surface area contributed by atoms with E-state index >= 15 is 0 Å². The summed E-state index contributed by atoms with van der Waals surface area (Å²) in [7, 11) is 3.57. The first-order chi connectivity index (χ1) is 70.1. The average molecular weight is 2380 g/mol. The van der Waals surface area contributed by atoms with Gasteiger partial charge in [-0.3, -0.25) is 37.6 Å². The van der Waals surface area contributed by atoms with Crippen molar-refractivity contribution in [2.24, 2.45) is 0 Å². The third kappa shape index (κ3) is 26.9. The Bertz CT molecular complexity index is 7720. The molecule has 7 heterocycles. The van der Waals surface area contributed by atoms with Crippen molar-refractivity contribution >= 4 is 233 Å². The van der Waals surface area contributed by atoms with Crippen LogP contribution in [0.15, 0.2) is 233 Å². The molecule has 3 N–H and O–H groups in total. The summed E-state index contributed by atoms with van der Waals surface area (Å²) in [5, 5.41) is 17.4. The van der Waals surface area contributed by atoms with E-state index < -0.39 is 28.2 Å². The standard InChI is InChI=1S/C32H31Cl3N4O3.C25H26BrClN4O2.C17H13BrCl2N2O.C17H14BrClN2O2.C10H20N2O2.C7H6BCl2O3/c1-6-29(40)37-11-12-38(19(4)17-37)31-24-15-25(33)22(23-13-20(42-5)14-26(34)30(23)35)16-28(24)39(32(41)36-31)27-10-8-7-9-21(27)18(2)3;1-5-23(32)29-10-11-30(16(4)14-29)24-18-12-20(27)19(26)13-22(18)31(25(33)28-24)21-9-7-6-8-17(21)15(2)3;1-9(2)10-5-3-4-6-14(10)22-15-8-12(18)13(19)7-11(15)16(20)21-17(22)23;1-9(2)10-5-3-4-6-14(10)21-15-8-12(18)13(19)7-11(15)16(22)20-17(21)23;1-8-7-12(6-5-11-8)9(13)14-10(2,3)4;1-12-4-2-5(9)7(10)6(3-4)13-8-11/h6-10,13-16,18-19H,1,11-12,17H2,2-5H3;5-9,12-13,15-16H,1,10-11,14H2,2-4H3;3-9H,1-2H3;3-9H,1-2H3,(H,20,22,23);8,11H,5-7H2,1-4H3;2-3,11H,1H3/t19-;16-;;;8-;/m00..0./s1. The molecule has 27 nitrogen and oxygen atoms in total. The van der Waals surface area contributed by atoms with Gasteiger partial charge in [0.15, 0.2) is 0 Å². The zero-order valence-electron chi connectivity index (χ0n) is 84.0. The normalized spacial score (nSPS) is 14.6. The number of para-hydroxylation sites is 4. The fourth-order valence-corrected chi connectivity index (χ4v) is 20.2. The Hall–Kier alpha value is -10.7. The van der Waals surface area contributed by atoms with Crippen molar-refractivity contribution in [2.75, 3.05) is 82.9 Å². The molecule has 0 aliphatic carbocycles. The molecule has 0 bridgehead atoms. The van der Waals surface area contributed by atoms with Crippen molar-refractivity contribution in [3.05, 3.63) is 328 Å². The largest absolute Gasteiger partial charge is 0.569 e. The fraction of sp³-hybridized carbons (Fsp3) is 0.306. The average Bonchev–Trinajstić information content (AvgIpc) is 0.747. The van der Waals surface area contributed by atoms with Crippen LogP contribution >= 0.6 is 152 Å². The summed E-state index contributed by atoms with van der Waals surface area (Å²) >= 11 is 66.8. The van der Waals surface area contributed by atoms with Gasteiger partial charge in [0.05, 0.1) is 99.6 Å². The van der Waals surface area contributed by atoms with E-state index in [-0.39, 0.29) is 75.3 Å². The highest BCUT2D eigenvalue weighted by molar-refractivity contribution is 9.11. The molecule has 3 atom stereocenters. The van der Waals surface area contributed by atoms with Crippen LogP contribution in [-0.2, 0) is 14.3 Å². The maximum atomic E-state index is 14.0. The van der Waals surface area contributed by atoms with E-state index in [4.69, 9.17) is 128 Å². The number of H-pyrrole nitrogens is 1. The number of anilines is 2. The van der Waals surface area contributed by atoms with Crippen LogP contribution in [0.1, 0.15) is 143 Å². The number of nitrogens with zero attached hydrogens (tertiary/aromatic N) is 12. The first-order valence-corrected chi connectivity index (χ1v) is 53.0. The molecule has 3 aliphatic rings. The fourth-order valence-electron chi connectivity index (χ4n) is 17.5. The number of piperazine rings is 3. The number of ether oxygens (including phenoxy) is 3. The van der Waals surface area contributed by atoms with Gasteiger partial charge in [0, 0.05) is 141 Å². The molecule has 17 rings (SSSR count). The number of carbonyl (C=O) groups excluding carboxylic acids is 3. The molecule has 0 unspecified atom stereocenters. The van der Waals surface area contributed by atoms with Crippen molar-refractivity contribution in [1.29, 1.82) is 0 Å². The molecule has 1 radical (unpaired) electrons. The summed E-state index contributed by atoms with van der Waals surface area (Å²) in [5.74, 6) is 3.03. The van der Waals surface area contributed by atoms with Crippen molar-refractivity contribution in [1.82, 2.24) is 58.2 Å². The van der Waals surface area contributed by atoms with E-state index in [0.717, 1.165) is 75.5 Å². The summed E-state index contributed by atoms with van der Waals surface area (Å²) in [6.07, 6.45) is 2.45. The number of nitrogens with one attached hydrogen (secondary N) is 2. The van der Waals surface area contributed by atoms with Gasteiger partial charge >= 0.3 is 36.5 Å². The summed E-state index contributed by atoms with van der Waals surface area (Å²) in [6.45, 7) is 41.0. The molecule has 148 heavy (non-hydrogen) atoms. The summed E-state index contributed by atoms with van der Waals surface area (Å²) in [4.78, 5) is 126. The smallest absolute Gasteiger partial charge is 0.536 e. The second kappa shape index (κ2) is 50.9. The number of amides is 3. The SMILES string of the molecule is C=CC(=O)N1CCN(c2nc(=O)n(-c3ccccc3C(C)C)c3cc(-c4cc(OC)cc(Cl)c4Cl)c(Cl)cc23)[C@@H](C)C1.C=CC(=O)N1CCN(c2nc(=O)n(-c3ccccc3C(C)C)c3cc(Br)c(Cl)cc23)[C@@H](C)C1.CC(C)c1ccccc1-n1c(=O)[nH]c(=O)c2cc(Cl)c(Br)cc21.CC(C)c1ccccc1-n1c(=O)nc(Cl)c2cc(Cl)c(Br)cc21.COc1cc(Cl)c(Cl)c(O[B]O)c1.C[C@H]1CN(C(=O)OC(C)(C)C)CCN1. The van der Waals surface area contributed by atoms with E-state index in [1.165, 1.54) is 29.9 Å². The molecule has 3 amide bonds. The highest BCUT2D eigenvalue weighted by Crippen LogP contribution is 2.46. The Balaban J connectivity index is 0.000000165. The third-order valence-electron chi connectivity index (χ3n) is 24.6. The molecule has 10 aromatic carbocycles. The van der Waals surface area contributed by atoms with Crippen molar-refractivity contribution in [2.45, 2.75) is 144 Å². The number of hydrogen-bond acceptors (Lipinski definition) is 19. The lowest BCUT2D eigenvalue weighted by Crippen LogP contribution is -2.54. The molecule has 777 valence electrons. The number of carbonyl (C=O) groups is 3. The minimum absolute atomic E-state index is 0.0287. The number of methoxy groups -OCH3 is 2. The Morgan fingerprint density at radius 1 is 0.453 bits per heavy atom. The third-order valence-corrected chi connectivity index (χ3v) is 30.4. The van der Waals surface area contributed by atoms with Crippen LogP contribution in [0.2, 0.25) is 45.3 Å². The first-order valence-electron chi connectivity index (χ1n) is 47.2. The van der Waals surface area contributed by atoms with Gasteiger partial charge < -0.3 is 53.7 Å². The molecule has 14 aromatic rings. The Kier molecular flexibility index (Phi) is 39.9. The second-order valence-corrected chi connectivity index (χ2v) is 43.4. The van der Waals surface area contributed by atoms with Gasteiger partial charge in [0.2, 0.25) is 11.8 Å². The van der Waals surface area contributed by atoms with E-state index in [2.05, 4.69) is 158 Å². The van der Waals surface area contributed by atoms with Crippen LogP contribution < -0.4 is 57.6 Å². The monoisotopic (exact) mass is 2370 g/mol. The predicted octanol–water partition coefficient (Wildman–Crippen LogP) is 25.4. The molecule has 3 fully saturated rings. The summed E-state index contributed by atoms with van der Waals surface area (Å²) in [5.41, 5.74) is 8.44. The lowest BCUT2D eigenvalue weighted by Gasteiger charge is -2.40. The minimum Gasteiger partial charge on any atom is -0.536 e. The van der Waals surface area contributed by atoms with Crippen LogP contribution in [0.4, 0.5) is 16.4 Å². The van der Waals surface area contributed by atoms with Crippen LogP contribution in [0, 0.1) is 0 Å². The summed E-state index contributed by atoms with van der Waals surface area (Å²) in [6, 6.07) is 52.0. The molecular weight excluding hydrogens is 2270 g/mol. The van der Waals surface area contributed by atoms with Crippen molar-refractivity contribution in [3.8, 4) is 51.1 Å². The lowest BCUT2D eigenvalue weighted by molar-refractivity contribution is -0.127. The molecule has 0 saturated carbocycles. The number of hydrogen-bond donors (Lipinski definition) is 3. The molecule has 3 aliphatic heterocycles. The lowest BCUT2D eigenvalue weighted by atomic mass is 9.99. The zero-order chi connectivity index (χ0) is 108. The minimum atomic E-state index is -0.468. The van der Waals surface area contributed by atoms with Crippen LogP contribution in [0.25, 0.3) is 77.5 Å². The first kappa shape index (κ1) is 116. The maximum Gasteiger partial charge on any atom is 0.569 e. The van der Waals surface area contributed by atoms with Gasteiger partial charge in [-0.2, -0.15) is 15.0 Å². The van der Waals surface area contributed by atoms with Gasteiger partial charge in [0.25, 0.3) is 5.56 Å². The van der Waals surface area contributed by atoms with Crippen LogP contribution in [0.5, 0.6) is 17.2 Å². The van der Waals surface area contributed by atoms with Gasteiger partial charge in [-0.05, 0) is 226 Å². The van der Waals surface area contributed by atoms with Gasteiger partial charge in [0.1, 0.15) is 39.6 Å². The molecule has 4 aromatic heterocycles. The van der Waals surface area contributed by atoms with Gasteiger partial charge in [-0.1, -0.05) is 246 Å². The molecular formula is C108H110BBr3Cl9N14O13. The second-order valence-electron chi connectivity index (χ2n) is 37.2. The number of halogens is 12. The topological polar surface area (TPSA) is 296 Å². The number of aromatic nitrogens is 8. The van der Waals surface area contributed by atoms with E-state index in [1.54, 1.807) is 78.0 Å². The molecule has 0 spiro atoms. The van der Waals surface area contributed by atoms with Crippen molar-refractivity contribution in [3.63, 3.8) is 0 Å². The summed E-state index contributed by atoms with van der Waals surface area (Å²) < 4.78 is 28.8. The zero-order valence-corrected chi connectivity index (χ0v) is 95.5. The number of benzene rings is 10. The van der Waals surface area contributed by atoms with E-state index in [1.807, 2.05) is 156 Å². The van der Waals surface area contributed by atoms with E-state index in [9.17, 15) is 38.4 Å². The Morgan fingerprint density at radius 2 is 0.831 bits per heavy atom. The highest BCUT2D eigenvalue weighted by Gasteiger charge is 2.34. The van der Waals surface area contributed by atoms with Crippen LogP contribution in [-0.4, -0.2) is 180 Å². The van der Waals surface area contributed by atoms with Crippen molar-refractivity contribution < 1.29 is 38.3 Å². The van der Waals surface area contributed by atoms with Crippen LogP contribution in [0.3, 0.4) is 0 Å². The van der Waals surface area contributed by atoms with E-state index in [0.29, 0.717) is 169 Å². The maximum absolute atomic E-state index is 14.0. The Morgan fingerprint density at radius 3 is 1.24 bits per heavy atom. The molecule has 3 saturated heterocycles. The Labute approximate surface area is 928 Å². The highest BCUT2D eigenvalue weighted by atomic mass is 79.9. The quantitative estimate of drug-likeness (QED) is 0.0433. The number of aromatic amines is 1. The molecule has 40 heteroatoms.